The van der Waals surface area contributed by atoms with Gasteiger partial charge in [0.25, 0.3) is 0 Å². The second kappa shape index (κ2) is 7.53. The van der Waals surface area contributed by atoms with Crippen LogP contribution in [0.1, 0.15) is 25.7 Å². The van der Waals surface area contributed by atoms with Crippen LogP contribution >= 0.6 is 12.0 Å². The van der Waals surface area contributed by atoms with Crippen LogP contribution in [0.15, 0.2) is 0 Å². The van der Waals surface area contributed by atoms with E-state index in [1.165, 1.54) is 6.42 Å². The molecule has 0 N–H and O–H groups in total. The van der Waals surface area contributed by atoms with Gasteiger partial charge in [-0.05, 0) is 37.0 Å². The first-order valence-corrected chi connectivity index (χ1v) is 6.46. The molecular formula is C10H13F2NaO5S. The number of rotatable bonds is 6. The van der Waals surface area contributed by atoms with Crippen molar-refractivity contribution in [2.45, 2.75) is 30.9 Å². The van der Waals surface area contributed by atoms with Crippen molar-refractivity contribution >= 4 is 18.0 Å². The molecule has 0 saturated heterocycles. The molecule has 0 aliphatic heterocycles. The Labute approximate surface area is 135 Å². The van der Waals surface area contributed by atoms with E-state index in [2.05, 4.69) is 14.1 Å². The van der Waals surface area contributed by atoms with E-state index in [0.717, 1.165) is 19.3 Å². The molecule has 2 fully saturated rings. The van der Waals surface area contributed by atoms with Crippen LogP contribution in [0.25, 0.3) is 0 Å². The third kappa shape index (κ3) is 4.52. The molecule has 0 spiro atoms. The summed E-state index contributed by atoms with van der Waals surface area (Å²) in [6.45, 7) is 0.00832. The zero-order valence-electron chi connectivity index (χ0n) is 10.5. The summed E-state index contributed by atoms with van der Waals surface area (Å²) in [5.41, 5.74) is 0. The maximum Gasteiger partial charge on any atom is 1.00 e. The van der Waals surface area contributed by atoms with Crippen LogP contribution < -0.4 is 34.8 Å². The Morgan fingerprint density at radius 2 is 2.11 bits per heavy atom. The van der Waals surface area contributed by atoms with Crippen molar-refractivity contribution in [2.24, 2.45) is 17.8 Å². The maximum atomic E-state index is 13.0. The van der Waals surface area contributed by atoms with Crippen molar-refractivity contribution in [2.75, 3.05) is 6.61 Å². The molecule has 3 unspecified atom stereocenters. The van der Waals surface area contributed by atoms with Crippen molar-refractivity contribution in [1.82, 2.24) is 0 Å². The second-order valence-electron chi connectivity index (χ2n) is 4.77. The van der Waals surface area contributed by atoms with Gasteiger partial charge in [0.05, 0.1) is 6.61 Å². The Morgan fingerprint density at radius 1 is 1.37 bits per heavy atom. The predicted octanol–water partition coefficient (Wildman–Crippen LogP) is -1.57. The van der Waals surface area contributed by atoms with Gasteiger partial charge in [-0.2, -0.15) is 13.1 Å². The quantitative estimate of drug-likeness (QED) is 0.194. The summed E-state index contributed by atoms with van der Waals surface area (Å²) in [7, 11) is 0. The first kappa shape index (κ1) is 17.6. The molecule has 0 aromatic carbocycles. The molecule has 19 heavy (non-hydrogen) atoms. The van der Waals surface area contributed by atoms with E-state index >= 15 is 0 Å². The fourth-order valence-corrected chi connectivity index (χ4v) is 3.18. The van der Waals surface area contributed by atoms with E-state index < -0.39 is 23.3 Å². The van der Waals surface area contributed by atoms with Gasteiger partial charge in [-0.15, -0.1) is 0 Å². The summed E-state index contributed by atoms with van der Waals surface area (Å²) in [4.78, 5) is 11.1. The Kier molecular flexibility index (Phi) is 6.98. The van der Waals surface area contributed by atoms with Crippen LogP contribution in [-0.4, -0.2) is 17.8 Å². The fourth-order valence-electron chi connectivity index (χ4n) is 2.94. The van der Waals surface area contributed by atoms with Crippen molar-refractivity contribution in [3.63, 3.8) is 0 Å². The number of hydrogen-bond donors (Lipinski definition) is 0. The smallest absolute Gasteiger partial charge is 0.691 e. The number of carbonyl (C=O) groups excluding carboxylic acids is 1. The van der Waals surface area contributed by atoms with Gasteiger partial charge in [0.2, 0.25) is 0 Å². The van der Waals surface area contributed by atoms with Gasteiger partial charge < -0.3 is 9.99 Å². The Morgan fingerprint density at radius 3 is 2.63 bits per heavy atom. The minimum absolute atomic E-state index is 0. The molecule has 0 aromatic heterocycles. The Balaban J connectivity index is 0.00000180. The Hall–Kier alpha value is 0.560. The van der Waals surface area contributed by atoms with Gasteiger partial charge in [0.15, 0.2) is 0 Å². The molecule has 104 valence electrons. The minimum Gasteiger partial charge on any atom is -0.691 e. The van der Waals surface area contributed by atoms with Crippen LogP contribution in [-0.2, 0) is 18.9 Å². The van der Waals surface area contributed by atoms with Crippen LogP contribution in [0.5, 0.6) is 0 Å². The second-order valence-corrected chi connectivity index (χ2v) is 5.59. The van der Waals surface area contributed by atoms with E-state index in [4.69, 9.17) is 0 Å². The molecule has 0 aromatic rings. The molecule has 2 rings (SSSR count). The summed E-state index contributed by atoms with van der Waals surface area (Å²) in [6, 6.07) is 0. The Bertz CT molecular complexity index is 320. The molecule has 2 aliphatic carbocycles. The predicted molar refractivity (Wildman–Crippen MR) is 54.6 cm³/mol. The molecule has 5 nitrogen and oxygen atoms in total. The third-order valence-electron chi connectivity index (χ3n) is 3.72. The van der Waals surface area contributed by atoms with Crippen molar-refractivity contribution in [3.8, 4) is 0 Å². The first-order chi connectivity index (χ1) is 8.53. The standard InChI is InChI=1S/C10H14F2O5S.Na/c11-10(12,18-17-16-14)9(13)15-5-8-4-6-1-2-7(8)3-6;/h6-8,14H,1-5H2;/q;+1/p-1. The van der Waals surface area contributed by atoms with Gasteiger partial charge in [-0.1, -0.05) is 6.42 Å². The number of esters is 1. The molecule has 2 aliphatic rings. The van der Waals surface area contributed by atoms with E-state index in [1.807, 2.05) is 0 Å². The van der Waals surface area contributed by atoms with Crippen molar-refractivity contribution in [1.29, 1.82) is 0 Å². The van der Waals surface area contributed by atoms with E-state index in [0.29, 0.717) is 11.8 Å². The van der Waals surface area contributed by atoms with Gasteiger partial charge in [-0.25, -0.2) is 4.79 Å². The summed E-state index contributed by atoms with van der Waals surface area (Å²) < 4.78 is 34.1. The number of alkyl halides is 2. The molecule has 0 heterocycles. The van der Waals surface area contributed by atoms with Crippen molar-refractivity contribution < 1.29 is 62.5 Å². The molecular weight excluding hydrogens is 293 g/mol. The maximum absolute atomic E-state index is 13.0. The molecule has 0 amide bonds. The number of ether oxygens (including phenoxy) is 1. The number of hydrogen-bond acceptors (Lipinski definition) is 6. The molecule has 3 atom stereocenters. The van der Waals surface area contributed by atoms with Crippen LogP contribution in [0, 0.1) is 17.8 Å². The van der Waals surface area contributed by atoms with Gasteiger partial charge in [0.1, 0.15) is 12.0 Å². The first-order valence-electron chi connectivity index (χ1n) is 5.72. The van der Waals surface area contributed by atoms with Crippen molar-refractivity contribution in [3.05, 3.63) is 0 Å². The van der Waals surface area contributed by atoms with Gasteiger partial charge in [-0.3, -0.25) is 5.04 Å². The summed E-state index contributed by atoms with van der Waals surface area (Å²) >= 11 is -0.658. The van der Waals surface area contributed by atoms with Gasteiger partial charge in [0, 0.05) is 0 Å². The van der Waals surface area contributed by atoms with E-state index in [1.54, 1.807) is 0 Å². The normalized spacial score (nSPS) is 29.1. The average Bonchev–Trinajstić information content (AvgIpc) is 2.95. The summed E-state index contributed by atoms with van der Waals surface area (Å²) in [6.07, 6.45) is 4.33. The SMILES string of the molecule is O=C(OCC1CC2CCC1C2)C(F)(F)SOO[O-].[Na+]. The number of halogens is 2. The monoisotopic (exact) mass is 306 g/mol. The van der Waals surface area contributed by atoms with Crippen LogP contribution in [0.3, 0.4) is 0 Å². The summed E-state index contributed by atoms with van der Waals surface area (Å²) in [5.74, 6) is -0.367. The summed E-state index contributed by atoms with van der Waals surface area (Å²) in [5, 5.41) is 8.27. The topological polar surface area (TPSA) is 67.8 Å². The van der Waals surface area contributed by atoms with E-state index in [9.17, 15) is 18.8 Å². The third-order valence-corrected chi connectivity index (χ3v) is 4.22. The minimum atomic E-state index is -3.93. The number of fused-ring (bicyclic) bond motifs is 2. The largest absolute Gasteiger partial charge is 1.00 e. The molecule has 0 radical (unpaired) electrons. The van der Waals surface area contributed by atoms with E-state index in [-0.39, 0.29) is 42.1 Å². The zero-order valence-corrected chi connectivity index (χ0v) is 13.3. The zero-order chi connectivity index (χ0) is 13.2. The average molecular weight is 306 g/mol. The fraction of sp³-hybridized carbons (Fsp3) is 0.900. The molecule has 2 bridgehead atoms. The van der Waals surface area contributed by atoms with Crippen LogP contribution in [0.2, 0.25) is 0 Å². The van der Waals surface area contributed by atoms with Crippen LogP contribution in [0.4, 0.5) is 8.78 Å². The van der Waals surface area contributed by atoms with Gasteiger partial charge >= 0.3 is 40.8 Å². The number of carbonyl (C=O) groups is 1. The molecule has 2 saturated carbocycles. The molecule has 9 heteroatoms.